The van der Waals surface area contributed by atoms with Crippen molar-refractivity contribution >= 4 is 17.7 Å². The molecule has 0 aliphatic heterocycles. The van der Waals surface area contributed by atoms with Crippen LogP contribution in [-0.2, 0) is 16.1 Å². The number of hydrogen-bond acceptors (Lipinski definition) is 6. The van der Waals surface area contributed by atoms with E-state index in [1.165, 1.54) is 10.9 Å². The normalized spacial score (nSPS) is 11.8. The molecule has 104 valence electrons. The van der Waals surface area contributed by atoms with E-state index in [9.17, 15) is 19.7 Å². The molecule has 0 aromatic carbocycles. The van der Waals surface area contributed by atoms with Gasteiger partial charge in [-0.15, -0.1) is 0 Å². The van der Waals surface area contributed by atoms with Crippen molar-refractivity contribution in [3.63, 3.8) is 0 Å². The van der Waals surface area contributed by atoms with Gasteiger partial charge in [-0.05, 0) is 9.91 Å². The fraction of sp³-hybridized carbons (Fsp3) is 0.444. The van der Waals surface area contributed by atoms with Gasteiger partial charge in [0.1, 0.15) is 12.2 Å². The molecule has 10 nitrogen and oxygen atoms in total. The highest BCUT2D eigenvalue weighted by atomic mass is 16.6. The number of aryl methyl sites for hydroxylation is 1. The van der Waals surface area contributed by atoms with Crippen LogP contribution in [0.4, 0.5) is 5.82 Å². The maximum atomic E-state index is 11.4. The summed E-state index contributed by atoms with van der Waals surface area (Å²) in [5.41, 5.74) is 0. The first-order valence-corrected chi connectivity index (χ1v) is 5.23. The number of carbonyl (C=O) groups is 2. The Morgan fingerprint density at radius 3 is 2.74 bits per heavy atom. The molecular weight excluding hydrogens is 260 g/mol. The number of nitrogens with zero attached hydrogens (tertiary/aromatic N) is 3. The molecule has 1 aromatic rings. The molecule has 0 aliphatic carbocycles. The molecule has 1 rings (SSSR count). The van der Waals surface area contributed by atoms with Crippen LogP contribution in [-0.4, -0.2) is 49.2 Å². The average Bonchev–Trinajstić information content (AvgIpc) is 2.82. The third kappa shape index (κ3) is 4.35. The molecule has 0 saturated heterocycles. The Labute approximate surface area is 106 Å². The van der Waals surface area contributed by atoms with Gasteiger partial charge in [-0.1, -0.05) is 0 Å². The zero-order valence-corrected chi connectivity index (χ0v) is 9.72. The molecule has 0 spiro atoms. The first-order chi connectivity index (χ1) is 8.93. The average molecular weight is 272 g/mol. The minimum Gasteiger partial charge on any atom is -0.480 e. The van der Waals surface area contributed by atoms with Gasteiger partial charge in [0.2, 0.25) is 12.2 Å². The molecule has 1 aromatic heterocycles. The molecular formula is C9H12N4O6. The molecule has 0 fully saturated rings. The van der Waals surface area contributed by atoms with Gasteiger partial charge in [0.15, 0.2) is 0 Å². The van der Waals surface area contributed by atoms with E-state index in [0.29, 0.717) is 0 Å². The molecule has 0 aliphatic rings. The minimum absolute atomic E-state index is 0.0860. The predicted octanol–water partition coefficient (Wildman–Crippen LogP) is -1.26. The third-order valence-electron chi connectivity index (χ3n) is 2.22. The van der Waals surface area contributed by atoms with E-state index < -0.39 is 29.4 Å². The number of nitrogens with one attached hydrogen (secondary N) is 1. The summed E-state index contributed by atoms with van der Waals surface area (Å²) in [5.74, 6) is -2.26. The third-order valence-corrected chi connectivity index (χ3v) is 2.22. The van der Waals surface area contributed by atoms with Crippen molar-refractivity contribution in [2.75, 3.05) is 6.61 Å². The Bertz CT molecular complexity index is 485. The molecule has 1 atom stereocenters. The second-order valence-electron chi connectivity index (χ2n) is 3.62. The summed E-state index contributed by atoms with van der Waals surface area (Å²) in [7, 11) is 0. The number of amides is 1. The molecule has 0 unspecified atom stereocenters. The summed E-state index contributed by atoms with van der Waals surface area (Å²) in [6.07, 6.45) is 2.28. The summed E-state index contributed by atoms with van der Waals surface area (Å²) in [6.45, 7) is -0.595. The minimum atomic E-state index is -1.36. The van der Waals surface area contributed by atoms with Gasteiger partial charge in [-0.3, -0.25) is 4.79 Å². The van der Waals surface area contributed by atoms with Crippen molar-refractivity contribution in [3.05, 3.63) is 22.6 Å². The summed E-state index contributed by atoms with van der Waals surface area (Å²) >= 11 is 0. The van der Waals surface area contributed by atoms with Crippen molar-refractivity contribution in [2.45, 2.75) is 19.0 Å². The second-order valence-corrected chi connectivity index (χ2v) is 3.62. The number of rotatable bonds is 7. The molecule has 1 amide bonds. The van der Waals surface area contributed by atoms with Crippen LogP contribution in [0, 0.1) is 10.1 Å². The highest BCUT2D eigenvalue weighted by Crippen LogP contribution is 2.06. The van der Waals surface area contributed by atoms with Crippen molar-refractivity contribution in [1.82, 2.24) is 14.9 Å². The smallest absolute Gasteiger partial charge is 0.381 e. The first kappa shape index (κ1) is 14.6. The van der Waals surface area contributed by atoms with E-state index >= 15 is 0 Å². The van der Waals surface area contributed by atoms with Crippen molar-refractivity contribution in [3.8, 4) is 0 Å². The number of carbonyl (C=O) groups excluding carboxylic acids is 1. The Hall–Kier alpha value is -2.49. The Morgan fingerprint density at radius 1 is 1.58 bits per heavy atom. The van der Waals surface area contributed by atoms with E-state index in [2.05, 4.69) is 10.3 Å². The molecule has 0 radical (unpaired) electrons. The number of carboxylic acid groups (broad SMARTS) is 1. The summed E-state index contributed by atoms with van der Waals surface area (Å²) in [5, 5.41) is 29.8. The zero-order valence-electron chi connectivity index (χ0n) is 9.72. The Kier molecular flexibility index (Phi) is 4.94. The Morgan fingerprint density at radius 2 is 2.26 bits per heavy atom. The SMILES string of the molecule is O=C(CCn1cnc([N+](=O)[O-])c1)N[C@@H](CO)C(=O)O. The van der Waals surface area contributed by atoms with Crippen LogP contribution in [0.15, 0.2) is 12.5 Å². The van der Waals surface area contributed by atoms with Gasteiger partial charge >= 0.3 is 11.8 Å². The Balaban J connectivity index is 2.45. The number of nitro groups is 1. The summed E-state index contributed by atoms with van der Waals surface area (Å²) in [4.78, 5) is 35.1. The number of imidazole rings is 1. The number of aliphatic hydroxyl groups excluding tert-OH is 1. The highest BCUT2D eigenvalue weighted by Gasteiger charge is 2.18. The monoisotopic (exact) mass is 272 g/mol. The lowest BCUT2D eigenvalue weighted by atomic mass is 10.3. The van der Waals surface area contributed by atoms with Crippen LogP contribution in [0.25, 0.3) is 0 Å². The molecule has 3 N–H and O–H groups in total. The maximum absolute atomic E-state index is 11.4. The molecule has 0 saturated carbocycles. The van der Waals surface area contributed by atoms with Crippen molar-refractivity contribution < 1.29 is 24.7 Å². The van der Waals surface area contributed by atoms with E-state index in [0.717, 1.165) is 6.20 Å². The highest BCUT2D eigenvalue weighted by molar-refractivity contribution is 5.83. The predicted molar refractivity (Wildman–Crippen MR) is 60.2 cm³/mol. The number of aliphatic hydroxyl groups is 1. The van der Waals surface area contributed by atoms with Gasteiger partial charge in [-0.2, -0.15) is 0 Å². The van der Waals surface area contributed by atoms with Crippen LogP contribution in [0.5, 0.6) is 0 Å². The van der Waals surface area contributed by atoms with Gasteiger partial charge < -0.3 is 30.2 Å². The van der Waals surface area contributed by atoms with Crippen LogP contribution < -0.4 is 5.32 Å². The van der Waals surface area contributed by atoms with Crippen LogP contribution in [0.2, 0.25) is 0 Å². The fourth-order valence-corrected chi connectivity index (χ4v) is 1.25. The van der Waals surface area contributed by atoms with Gasteiger partial charge in [-0.25, -0.2) is 4.79 Å². The van der Waals surface area contributed by atoms with Gasteiger partial charge in [0.25, 0.3) is 0 Å². The van der Waals surface area contributed by atoms with Crippen LogP contribution >= 0.6 is 0 Å². The molecule has 10 heteroatoms. The lowest BCUT2D eigenvalue weighted by Crippen LogP contribution is -2.43. The summed E-state index contributed by atoms with van der Waals surface area (Å²) < 4.78 is 1.34. The quantitative estimate of drug-likeness (QED) is 0.414. The summed E-state index contributed by atoms with van der Waals surface area (Å²) in [6, 6.07) is -1.36. The van der Waals surface area contributed by atoms with Crippen molar-refractivity contribution in [2.24, 2.45) is 0 Å². The molecule has 19 heavy (non-hydrogen) atoms. The first-order valence-electron chi connectivity index (χ1n) is 5.23. The van der Waals surface area contributed by atoms with Gasteiger partial charge in [0, 0.05) is 13.0 Å². The van der Waals surface area contributed by atoms with E-state index in [-0.39, 0.29) is 18.8 Å². The lowest BCUT2D eigenvalue weighted by Gasteiger charge is -2.11. The number of aliphatic carboxylic acids is 1. The van der Waals surface area contributed by atoms with Crippen molar-refractivity contribution in [1.29, 1.82) is 0 Å². The standard InChI is InChI=1S/C9H12N4O6/c14-4-6(9(16)17)11-8(15)1-2-12-3-7(10-5-12)13(18)19/h3,5-6,14H,1-2,4H2,(H,11,15)(H,16,17)/t6-/m0/s1. The van der Waals surface area contributed by atoms with Gasteiger partial charge in [0.05, 0.1) is 6.61 Å². The second kappa shape index (κ2) is 6.44. The van der Waals surface area contributed by atoms with E-state index in [1.54, 1.807) is 0 Å². The topological polar surface area (TPSA) is 148 Å². The largest absolute Gasteiger partial charge is 0.480 e. The fourth-order valence-electron chi connectivity index (χ4n) is 1.25. The molecule has 1 heterocycles. The molecule has 0 bridgehead atoms. The van der Waals surface area contributed by atoms with E-state index in [4.69, 9.17) is 10.2 Å². The maximum Gasteiger partial charge on any atom is 0.381 e. The number of hydrogen-bond donors (Lipinski definition) is 3. The van der Waals surface area contributed by atoms with Crippen LogP contribution in [0.3, 0.4) is 0 Å². The van der Waals surface area contributed by atoms with E-state index in [1.807, 2.05) is 0 Å². The van der Waals surface area contributed by atoms with Crippen LogP contribution in [0.1, 0.15) is 6.42 Å². The number of aromatic nitrogens is 2. The lowest BCUT2D eigenvalue weighted by molar-refractivity contribution is -0.389. The number of carboxylic acids is 1. The zero-order chi connectivity index (χ0) is 14.4.